The van der Waals surface area contributed by atoms with Crippen LogP contribution < -0.4 is 10.0 Å². The molecule has 33 heavy (non-hydrogen) atoms. The molecule has 0 spiro atoms. The number of carbonyl (C=O) groups excluding carboxylic acids is 2. The highest BCUT2D eigenvalue weighted by Crippen LogP contribution is 2.28. The lowest BCUT2D eigenvalue weighted by Crippen LogP contribution is -2.44. The van der Waals surface area contributed by atoms with Crippen LogP contribution in [0.2, 0.25) is 0 Å². The zero-order valence-corrected chi connectivity index (χ0v) is 19.0. The third-order valence-corrected chi connectivity index (χ3v) is 7.27. The summed E-state index contributed by atoms with van der Waals surface area (Å²) in [6.07, 6.45) is 2.00. The Morgan fingerprint density at radius 2 is 1.79 bits per heavy atom. The zero-order chi connectivity index (χ0) is 23.6. The number of amides is 3. The van der Waals surface area contributed by atoms with Crippen molar-refractivity contribution in [1.82, 2.24) is 13.9 Å². The van der Waals surface area contributed by atoms with Crippen molar-refractivity contribution in [2.75, 3.05) is 18.4 Å². The summed E-state index contributed by atoms with van der Waals surface area (Å²) < 4.78 is 42.5. The Morgan fingerprint density at radius 1 is 1.09 bits per heavy atom. The fourth-order valence-electron chi connectivity index (χ4n) is 3.93. The largest absolute Gasteiger partial charge is 0.322 e. The molecule has 0 saturated carbocycles. The van der Waals surface area contributed by atoms with Gasteiger partial charge in [0.1, 0.15) is 5.82 Å². The minimum absolute atomic E-state index is 0.0368. The zero-order valence-electron chi connectivity index (χ0n) is 18.2. The maximum Gasteiger partial charge on any atom is 0.322 e. The highest BCUT2D eigenvalue weighted by molar-refractivity contribution is 7.87. The molecule has 3 amide bonds. The van der Waals surface area contributed by atoms with E-state index < -0.39 is 21.9 Å². The van der Waals surface area contributed by atoms with Gasteiger partial charge in [0.15, 0.2) is 0 Å². The molecule has 0 aliphatic carbocycles. The van der Waals surface area contributed by atoms with Crippen LogP contribution in [-0.2, 0) is 28.1 Å². The van der Waals surface area contributed by atoms with Gasteiger partial charge in [-0.15, -0.1) is 0 Å². The van der Waals surface area contributed by atoms with Crippen LogP contribution in [0.15, 0.2) is 48.5 Å². The Kier molecular flexibility index (Phi) is 6.48. The van der Waals surface area contributed by atoms with E-state index in [0.29, 0.717) is 36.3 Å². The molecule has 0 radical (unpaired) electrons. The standard InChI is InChI=1S/C23H25FN4O4S/c1-2-22(29)26-33(31,32)28-11-9-16(10-12-28)20-8-7-19(13-21(20)24)25-23(30)27-14-17-5-3-4-6-18(17)15-27/h3-9,13H,2,10-12,14-15H2,1H3,(H,25,30)(H,26,29). The summed E-state index contributed by atoms with van der Waals surface area (Å²) in [4.78, 5) is 25.7. The van der Waals surface area contributed by atoms with Crippen LogP contribution in [0.4, 0.5) is 14.9 Å². The van der Waals surface area contributed by atoms with Gasteiger partial charge in [0.05, 0.1) is 0 Å². The minimum Gasteiger partial charge on any atom is -0.316 e. The summed E-state index contributed by atoms with van der Waals surface area (Å²) in [7, 11) is -3.92. The van der Waals surface area contributed by atoms with E-state index >= 15 is 0 Å². The molecular weight excluding hydrogens is 447 g/mol. The fraction of sp³-hybridized carbons (Fsp3) is 0.304. The maximum absolute atomic E-state index is 14.8. The topological polar surface area (TPSA) is 98.8 Å². The lowest BCUT2D eigenvalue weighted by molar-refractivity contribution is -0.119. The molecule has 10 heteroatoms. The number of urea groups is 1. The van der Waals surface area contributed by atoms with Crippen molar-refractivity contribution < 1.29 is 22.4 Å². The van der Waals surface area contributed by atoms with Gasteiger partial charge in [-0.05, 0) is 41.3 Å². The summed E-state index contributed by atoms with van der Waals surface area (Å²) in [6.45, 7) is 2.75. The third-order valence-electron chi connectivity index (χ3n) is 5.77. The molecule has 0 aromatic heterocycles. The first-order chi connectivity index (χ1) is 15.8. The number of fused-ring (bicyclic) bond motifs is 1. The molecule has 174 valence electrons. The number of nitrogens with zero attached hydrogens (tertiary/aromatic N) is 2. The van der Waals surface area contributed by atoms with E-state index in [1.807, 2.05) is 29.0 Å². The molecule has 2 aliphatic heterocycles. The lowest BCUT2D eigenvalue weighted by atomic mass is 9.99. The smallest absolute Gasteiger partial charge is 0.316 e. The monoisotopic (exact) mass is 472 g/mol. The number of benzene rings is 2. The van der Waals surface area contributed by atoms with Crippen LogP contribution in [0.25, 0.3) is 5.57 Å². The number of hydrogen-bond acceptors (Lipinski definition) is 4. The van der Waals surface area contributed by atoms with Crippen molar-refractivity contribution in [2.45, 2.75) is 32.9 Å². The quantitative estimate of drug-likeness (QED) is 0.698. The number of anilines is 1. The summed E-state index contributed by atoms with van der Waals surface area (Å²) in [5.41, 5.74) is 3.58. The van der Waals surface area contributed by atoms with E-state index in [4.69, 9.17) is 0 Å². The minimum atomic E-state index is -3.92. The lowest BCUT2D eigenvalue weighted by Gasteiger charge is -2.26. The molecule has 4 rings (SSSR count). The molecule has 2 aromatic rings. The van der Waals surface area contributed by atoms with E-state index in [0.717, 1.165) is 15.4 Å². The Morgan fingerprint density at radius 3 is 2.36 bits per heavy atom. The van der Waals surface area contributed by atoms with E-state index in [9.17, 15) is 22.4 Å². The summed E-state index contributed by atoms with van der Waals surface area (Å²) in [6, 6.07) is 12.0. The molecular formula is C23H25FN4O4S. The molecule has 2 N–H and O–H groups in total. The predicted molar refractivity (Wildman–Crippen MR) is 123 cm³/mol. The first-order valence-corrected chi connectivity index (χ1v) is 12.1. The van der Waals surface area contributed by atoms with Gasteiger partial charge in [0.25, 0.3) is 0 Å². The van der Waals surface area contributed by atoms with Crippen molar-refractivity contribution in [3.8, 4) is 0 Å². The van der Waals surface area contributed by atoms with Gasteiger partial charge >= 0.3 is 16.2 Å². The van der Waals surface area contributed by atoms with Crippen LogP contribution in [0.5, 0.6) is 0 Å². The van der Waals surface area contributed by atoms with Crippen LogP contribution in [0.1, 0.15) is 36.5 Å². The molecule has 2 heterocycles. The predicted octanol–water partition coefficient (Wildman–Crippen LogP) is 3.23. The second-order valence-electron chi connectivity index (χ2n) is 7.97. The second-order valence-corrected chi connectivity index (χ2v) is 9.64. The van der Waals surface area contributed by atoms with E-state index in [2.05, 4.69) is 5.32 Å². The van der Waals surface area contributed by atoms with Crippen molar-refractivity contribution in [2.24, 2.45) is 0 Å². The van der Waals surface area contributed by atoms with Gasteiger partial charge in [-0.2, -0.15) is 12.7 Å². The van der Waals surface area contributed by atoms with Crippen molar-refractivity contribution >= 4 is 33.4 Å². The van der Waals surface area contributed by atoms with Gasteiger partial charge < -0.3 is 10.2 Å². The van der Waals surface area contributed by atoms with Crippen LogP contribution >= 0.6 is 0 Å². The van der Waals surface area contributed by atoms with Gasteiger partial charge in [-0.25, -0.2) is 13.9 Å². The van der Waals surface area contributed by atoms with Crippen molar-refractivity contribution in [3.05, 3.63) is 71.0 Å². The normalized spacial score (nSPS) is 16.2. The fourth-order valence-corrected chi connectivity index (χ4v) is 5.09. The molecule has 0 fully saturated rings. The van der Waals surface area contributed by atoms with Crippen molar-refractivity contribution in [3.63, 3.8) is 0 Å². The molecule has 0 bridgehead atoms. The molecule has 2 aromatic carbocycles. The average Bonchev–Trinajstić information content (AvgIpc) is 3.23. The summed E-state index contributed by atoms with van der Waals surface area (Å²) in [5.74, 6) is -1.08. The first-order valence-electron chi connectivity index (χ1n) is 10.7. The molecule has 0 unspecified atom stereocenters. The van der Waals surface area contributed by atoms with Gasteiger partial charge in [-0.3, -0.25) is 4.79 Å². The Labute approximate surface area is 192 Å². The number of rotatable bonds is 5. The molecule has 8 nitrogen and oxygen atoms in total. The Hall–Kier alpha value is -3.24. The van der Waals surface area contributed by atoms with E-state index in [-0.39, 0.29) is 25.5 Å². The van der Waals surface area contributed by atoms with E-state index in [1.165, 1.54) is 6.07 Å². The Bertz CT molecular complexity index is 1200. The van der Waals surface area contributed by atoms with Gasteiger partial charge in [-0.1, -0.05) is 37.3 Å². The van der Waals surface area contributed by atoms with Crippen molar-refractivity contribution in [1.29, 1.82) is 0 Å². The van der Waals surface area contributed by atoms with E-state index in [1.54, 1.807) is 30.0 Å². The maximum atomic E-state index is 14.8. The number of carbonyl (C=O) groups is 2. The second kappa shape index (κ2) is 9.32. The molecule has 0 saturated heterocycles. The number of halogens is 1. The van der Waals surface area contributed by atoms with Crippen LogP contribution in [0, 0.1) is 5.82 Å². The number of hydrogen-bond donors (Lipinski definition) is 2. The highest BCUT2D eigenvalue weighted by atomic mass is 32.2. The summed E-state index contributed by atoms with van der Waals surface area (Å²) in [5, 5.41) is 2.74. The van der Waals surface area contributed by atoms with Crippen LogP contribution in [-0.4, -0.2) is 42.7 Å². The van der Waals surface area contributed by atoms with Crippen LogP contribution in [0.3, 0.4) is 0 Å². The SMILES string of the molecule is CCC(=O)NS(=O)(=O)N1CC=C(c2ccc(NC(=O)N3Cc4ccccc4C3)cc2F)CC1. The first kappa shape index (κ1) is 22.9. The Balaban J connectivity index is 1.40. The third kappa shape index (κ3) is 5.07. The highest BCUT2D eigenvalue weighted by Gasteiger charge is 2.27. The average molecular weight is 473 g/mol. The molecule has 0 atom stereocenters. The summed E-state index contributed by atoms with van der Waals surface area (Å²) >= 11 is 0. The molecule has 2 aliphatic rings. The number of nitrogens with one attached hydrogen (secondary N) is 2. The van der Waals surface area contributed by atoms with Gasteiger partial charge in [0.2, 0.25) is 5.91 Å². The van der Waals surface area contributed by atoms with Gasteiger partial charge in [0, 0.05) is 43.9 Å².